The molecule has 1 aromatic carbocycles. The number of anilines is 2. The normalized spacial score (nSPS) is 28.1. The van der Waals surface area contributed by atoms with Crippen LogP contribution in [0.2, 0.25) is 0 Å². The molecule has 1 aromatic rings. The summed E-state index contributed by atoms with van der Waals surface area (Å²) < 4.78 is 5.89. The van der Waals surface area contributed by atoms with Gasteiger partial charge in [0, 0.05) is 12.2 Å². The highest BCUT2D eigenvalue weighted by molar-refractivity contribution is 6.51. The van der Waals surface area contributed by atoms with Gasteiger partial charge in [0.1, 0.15) is 0 Å². The molecule has 2 aliphatic heterocycles. The predicted octanol–water partition coefficient (Wildman–Crippen LogP) is 1.97. The lowest BCUT2D eigenvalue weighted by Gasteiger charge is -2.45. The third-order valence-corrected chi connectivity index (χ3v) is 4.77. The quantitative estimate of drug-likeness (QED) is 0.802. The number of rotatable bonds is 1. The van der Waals surface area contributed by atoms with Gasteiger partial charge in [0.05, 0.1) is 30.0 Å². The van der Waals surface area contributed by atoms with Crippen LogP contribution in [0, 0.1) is 0 Å². The van der Waals surface area contributed by atoms with E-state index >= 15 is 0 Å². The minimum Gasteiger partial charge on any atom is -0.374 e. The molecule has 0 spiro atoms. The van der Waals surface area contributed by atoms with Crippen LogP contribution < -0.4 is 10.2 Å². The molecule has 3 aliphatic rings. The summed E-state index contributed by atoms with van der Waals surface area (Å²) >= 11 is 0. The van der Waals surface area contributed by atoms with Crippen LogP contribution in [-0.2, 0) is 9.53 Å². The minimum absolute atomic E-state index is 0.317. The van der Waals surface area contributed by atoms with Gasteiger partial charge in [-0.25, -0.2) is 0 Å². The van der Waals surface area contributed by atoms with Gasteiger partial charge in [-0.05, 0) is 31.0 Å². The molecule has 1 saturated carbocycles. The Bertz CT molecular complexity index is 612. The molecular formula is C16H18N2O3. The number of amides is 1. The third kappa shape index (κ3) is 2.03. The van der Waals surface area contributed by atoms with Gasteiger partial charge in [-0.3, -0.25) is 9.59 Å². The van der Waals surface area contributed by atoms with E-state index in [4.69, 9.17) is 4.74 Å². The van der Waals surface area contributed by atoms with E-state index in [0.717, 1.165) is 31.7 Å². The van der Waals surface area contributed by atoms with Crippen molar-refractivity contribution in [1.82, 2.24) is 0 Å². The zero-order valence-electron chi connectivity index (χ0n) is 11.8. The molecular weight excluding hydrogens is 268 g/mol. The highest BCUT2D eigenvalue weighted by atomic mass is 16.5. The monoisotopic (exact) mass is 286 g/mol. The Kier molecular flexibility index (Phi) is 2.96. The molecule has 0 bridgehead atoms. The van der Waals surface area contributed by atoms with Crippen LogP contribution in [0.1, 0.15) is 36.0 Å². The summed E-state index contributed by atoms with van der Waals surface area (Å²) in [4.78, 5) is 25.5. The van der Waals surface area contributed by atoms with E-state index in [1.165, 1.54) is 12.8 Å². The van der Waals surface area contributed by atoms with Crippen LogP contribution in [0.25, 0.3) is 0 Å². The van der Waals surface area contributed by atoms with Crippen molar-refractivity contribution in [2.24, 2.45) is 0 Å². The molecule has 1 aliphatic carbocycles. The van der Waals surface area contributed by atoms with E-state index in [9.17, 15) is 9.59 Å². The molecule has 5 heteroatoms. The van der Waals surface area contributed by atoms with Crippen LogP contribution in [0.4, 0.5) is 11.4 Å². The maximum absolute atomic E-state index is 11.7. The molecule has 2 fully saturated rings. The molecule has 1 saturated heterocycles. The fourth-order valence-electron chi connectivity index (χ4n) is 3.73. The summed E-state index contributed by atoms with van der Waals surface area (Å²) in [6, 6.07) is 6.06. The van der Waals surface area contributed by atoms with E-state index in [2.05, 4.69) is 10.2 Å². The molecule has 21 heavy (non-hydrogen) atoms. The summed E-state index contributed by atoms with van der Waals surface area (Å²) in [7, 11) is 0. The second kappa shape index (κ2) is 4.84. The second-order valence-corrected chi connectivity index (χ2v) is 5.97. The van der Waals surface area contributed by atoms with Gasteiger partial charge >= 0.3 is 0 Å². The number of Topliss-reactive ketones (excluding diaryl/α,β-unsaturated/α-hetero) is 1. The zero-order chi connectivity index (χ0) is 14.4. The molecule has 2 unspecified atom stereocenters. The first-order valence-electron chi connectivity index (χ1n) is 7.62. The average Bonchev–Trinajstić information content (AvgIpc) is 2.81. The number of carbonyl (C=O) groups is 2. The first kappa shape index (κ1) is 12.8. The van der Waals surface area contributed by atoms with Crippen LogP contribution in [0.5, 0.6) is 0 Å². The van der Waals surface area contributed by atoms with E-state index in [1.807, 2.05) is 12.1 Å². The smallest absolute Gasteiger partial charge is 0.296 e. The third-order valence-electron chi connectivity index (χ3n) is 4.77. The Labute approximate surface area is 123 Å². The summed E-state index contributed by atoms with van der Waals surface area (Å²) in [5.41, 5.74) is 2.20. The van der Waals surface area contributed by atoms with Gasteiger partial charge in [-0.1, -0.05) is 12.8 Å². The highest BCUT2D eigenvalue weighted by Gasteiger charge is 2.35. The van der Waals surface area contributed by atoms with Gasteiger partial charge in [0.15, 0.2) is 0 Å². The largest absolute Gasteiger partial charge is 0.374 e. The van der Waals surface area contributed by atoms with Crippen LogP contribution in [0.3, 0.4) is 0 Å². The van der Waals surface area contributed by atoms with Crippen LogP contribution in [-0.4, -0.2) is 37.0 Å². The van der Waals surface area contributed by atoms with Crippen LogP contribution >= 0.6 is 0 Å². The van der Waals surface area contributed by atoms with E-state index in [-0.39, 0.29) is 0 Å². The lowest BCUT2D eigenvalue weighted by atomic mass is 9.89. The van der Waals surface area contributed by atoms with Crippen molar-refractivity contribution in [3.8, 4) is 0 Å². The standard InChI is InChI=1S/C16H18N2O3/c19-15-11-6-5-10(9-12(11)17-16(15)20)18-7-8-21-14-4-2-1-3-13(14)18/h5-6,9,13-14H,1-4,7-8H2,(H,17,19,20). The number of ketones is 1. The number of nitrogens with zero attached hydrogens (tertiary/aromatic N) is 1. The number of carbonyl (C=O) groups excluding carboxylic acids is 2. The number of hydrogen-bond acceptors (Lipinski definition) is 4. The van der Waals surface area contributed by atoms with Crippen molar-refractivity contribution in [2.75, 3.05) is 23.4 Å². The number of fused-ring (bicyclic) bond motifs is 2. The lowest BCUT2D eigenvalue weighted by Crippen LogP contribution is -2.52. The van der Waals surface area contributed by atoms with Gasteiger partial charge in [0.25, 0.3) is 11.7 Å². The summed E-state index contributed by atoms with van der Waals surface area (Å²) in [6.07, 6.45) is 5.07. The van der Waals surface area contributed by atoms with Crippen molar-refractivity contribution in [1.29, 1.82) is 0 Å². The van der Waals surface area contributed by atoms with Crippen molar-refractivity contribution in [3.63, 3.8) is 0 Å². The van der Waals surface area contributed by atoms with Gasteiger partial charge in [0.2, 0.25) is 0 Å². The Balaban J connectivity index is 1.66. The van der Waals surface area contributed by atoms with Crippen molar-refractivity contribution in [3.05, 3.63) is 23.8 Å². The Morgan fingerprint density at radius 3 is 2.95 bits per heavy atom. The lowest BCUT2D eigenvalue weighted by molar-refractivity contribution is -0.112. The van der Waals surface area contributed by atoms with Crippen molar-refractivity contribution < 1.29 is 14.3 Å². The highest BCUT2D eigenvalue weighted by Crippen LogP contribution is 2.35. The van der Waals surface area contributed by atoms with E-state index in [0.29, 0.717) is 23.4 Å². The number of benzene rings is 1. The fourth-order valence-corrected chi connectivity index (χ4v) is 3.73. The summed E-state index contributed by atoms with van der Waals surface area (Å²) in [6.45, 7) is 1.60. The number of morpholine rings is 1. The van der Waals surface area contributed by atoms with Crippen LogP contribution in [0.15, 0.2) is 18.2 Å². The molecule has 1 N–H and O–H groups in total. The molecule has 110 valence electrons. The maximum atomic E-state index is 11.7. The number of ether oxygens (including phenoxy) is 1. The van der Waals surface area contributed by atoms with Gasteiger partial charge < -0.3 is 15.0 Å². The second-order valence-electron chi connectivity index (χ2n) is 5.97. The first-order valence-corrected chi connectivity index (χ1v) is 7.62. The molecule has 1 amide bonds. The molecule has 4 rings (SSSR count). The van der Waals surface area contributed by atoms with Gasteiger partial charge in [-0.2, -0.15) is 0 Å². The topological polar surface area (TPSA) is 58.6 Å². The Hall–Kier alpha value is -1.88. The minimum atomic E-state index is -0.528. The summed E-state index contributed by atoms with van der Waals surface area (Å²) in [5, 5.41) is 2.65. The SMILES string of the molecule is O=C1Nc2cc(N3CCOC4CCCCC43)ccc2C1=O. The first-order chi connectivity index (χ1) is 10.2. The molecule has 0 radical (unpaired) electrons. The number of hydrogen-bond donors (Lipinski definition) is 1. The van der Waals surface area contributed by atoms with Crippen molar-refractivity contribution in [2.45, 2.75) is 37.8 Å². The van der Waals surface area contributed by atoms with Gasteiger partial charge in [-0.15, -0.1) is 0 Å². The summed E-state index contributed by atoms with van der Waals surface area (Å²) in [5.74, 6) is -0.964. The molecule has 0 aromatic heterocycles. The Morgan fingerprint density at radius 2 is 2.05 bits per heavy atom. The van der Waals surface area contributed by atoms with E-state index in [1.54, 1.807) is 6.07 Å². The predicted molar refractivity (Wildman–Crippen MR) is 78.7 cm³/mol. The zero-order valence-corrected chi connectivity index (χ0v) is 11.8. The van der Waals surface area contributed by atoms with E-state index < -0.39 is 11.7 Å². The maximum Gasteiger partial charge on any atom is 0.296 e. The van der Waals surface area contributed by atoms with Crippen molar-refractivity contribution >= 4 is 23.1 Å². The fraction of sp³-hybridized carbons (Fsp3) is 0.500. The average molecular weight is 286 g/mol. The molecule has 2 atom stereocenters. The Morgan fingerprint density at radius 1 is 1.19 bits per heavy atom. The molecule has 5 nitrogen and oxygen atoms in total. The number of nitrogens with one attached hydrogen (secondary N) is 1. The molecule has 2 heterocycles.